The second-order valence-corrected chi connectivity index (χ2v) is 25.3. The van der Waals surface area contributed by atoms with Crippen molar-refractivity contribution in [2.24, 2.45) is 0 Å². The number of nitrogens with zero attached hydrogens (tertiary/aromatic N) is 12. The van der Waals surface area contributed by atoms with Crippen molar-refractivity contribution in [1.82, 2.24) is 58.6 Å². The maximum atomic E-state index is 14.2. The number of aromatic nitrogens is 12. The number of aliphatic hydroxyl groups is 1. The van der Waals surface area contributed by atoms with Crippen molar-refractivity contribution in [3.05, 3.63) is 38.0 Å². The number of hydrogen-bond acceptors (Lipinski definition) is 28. The standard InChI is InChI=1S/C34H45N15O20P4S2/c1-59-20-15(6-62-72(55,56)74)65-32(48-12-45-17-26(36)39-9-42-29(17)48)22(20)68-70(51,52)61-5-14-19(50)21(31(64-14)47-11-44-16-25(35)38-8-41-28(16)47)67-71(53,54)63-7-34-3-2-4-60-24(34)23(69-73(57,58)75)33(66-34)49-13-46-18-27(37)40-10-43-30(18)49/h8-15,19-24,31-33,50H,2-7H2,1H3,(H,51,52)(H,53,54)(H2,35,38,41)(H2,36,39,42)(H2,37,40,43)(H2,55,56,74)(H2,57,58,75)/t14-,15-,19?,20?,21?,22?,23?,24?,31-,32-,33-,34-/m1/s1. The number of phosphoric ester groups is 2. The van der Waals surface area contributed by atoms with E-state index in [-0.39, 0.29) is 64.0 Å². The Morgan fingerprint density at radius 3 is 1.67 bits per heavy atom. The number of nitrogen functional groups attached to an aromatic ring is 3. The van der Waals surface area contributed by atoms with Crippen LogP contribution in [0.2, 0.25) is 0 Å². The van der Waals surface area contributed by atoms with Crippen LogP contribution in [0.5, 0.6) is 0 Å². The van der Waals surface area contributed by atoms with Crippen LogP contribution < -0.4 is 17.2 Å². The van der Waals surface area contributed by atoms with E-state index in [2.05, 4.69) is 69.4 Å². The number of phosphoric acid groups is 2. The van der Waals surface area contributed by atoms with E-state index < -0.39 is 122 Å². The Morgan fingerprint density at radius 1 is 0.640 bits per heavy atom. The first-order valence-corrected chi connectivity index (χ1v) is 30.3. The van der Waals surface area contributed by atoms with E-state index in [0.717, 1.165) is 25.3 Å². The summed E-state index contributed by atoms with van der Waals surface area (Å²) in [6.45, 7) is -11.3. The van der Waals surface area contributed by atoms with Gasteiger partial charge in [0.05, 0.1) is 38.8 Å². The number of thiol groups is 2. The number of imidazole rings is 3. The van der Waals surface area contributed by atoms with Crippen LogP contribution in [0.1, 0.15) is 31.5 Å². The molecule has 0 amide bonds. The summed E-state index contributed by atoms with van der Waals surface area (Å²) >= 11 is 7.25. The van der Waals surface area contributed by atoms with Gasteiger partial charge in [-0.1, -0.05) is 24.5 Å². The zero-order valence-corrected chi connectivity index (χ0v) is 43.6. The van der Waals surface area contributed by atoms with E-state index in [1.807, 2.05) is 0 Å². The van der Waals surface area contributed by atoms with E-state index in [0.29, 0.717) is 6.42 Å². The molecule has 10 unspecified atom stereocenters. The molecule has 6 aromatic heterocycles. The van der Waals surface area contributed by atoms with Gasteiger partial charge in [0.15, 0.2) is 53.1 Å². The molecule has 10 heterocycles. The fourth-order valence-electron chi connectivity index (χ4n) is 9.25. The topological polar surface area (TPSA) is 480 Å². The molecule has 0 aliphatic carbocycles. The highest BCUT2D eigenvalue weighted by atomic mass is 32.7. The van der Waals surface area contributed by atoms with Crippen LogP contribution >= 0.6 is 53.7 Å². The van der Waals surface area contributed by atoms with Gasteiger partial charge in [-0.2, -0.15) is 0 Å². The molecule has 4 saturated heterocycles. The molecule has 0 bridgehead atoms. The predicted molar refractivity (Wildman–Crippen MR) is 255 cm³/mol. The van der Waals surface area contributed by atoms with Gasteiger partial charge < -0.3 is 65.6 Å². The molecule has 0 spiro atoms. The zero-order valence-electron chi connectivity index (χ0n) is 38.2. The minimum Gasteiger partial charge on any atom is -0.387 e. The van der Waals surface area contributed by atoms with Crippen molar-refractivity contribution in [1.29, 1.82) is 0 Å². The van der Waals surface area contributed by atoms with Crippen LogP contribution in [0.4, 0.5) is 17.5 Å². The molecular formula is C34H45N15O20P4S2. The summed E-state index contributed by atoms with van der Waals surface area (Å²) in [5.74, 6) is -0.0893. The molecule has 0 aromatic carbocycles. The normalized spacial score (nSPS) is 32.3. The zero-order chi connectivity index (χ0) is 53.4. The quantitative estimate of drug-likeness (QED) is 0.0386. The Labute approximate surface area is 430 Å². The first-order valence-electron chi connectivity index (χ1n) is 21.8. The Hall–Kier alpha value is -3.97. The second-order valence-electron chi connectivity index (χ2n) is 17.0. The average Bonchev–Trinajstić information content (AvgIpc) is 4.24. The Balaban J connectivity index is 0.900. The Kier molecular flexibility index (Phi) is 15.0. The summed E-state index contributed by atoms with van der Waals surface area (Å²) in [5.41, 5.74) is 16.8. The molecule has 11 N–H and O–H groups in total. The van der Waals surface area contributed by atoms with Gasteiger partial charge in [-0.15, -0.1) is 0 Å². The van der Waals surface area contributed by atoms with Crippen molar-refractivity contribution in [3.8, 4) is 0 Å². The first-order chi connectivity index (χ1) is 35.5. The Bertz CT molecular complexity index is 3300. The molecule has 4 fully saturated rings. The van der Waals surface area contributed by atoms with Crippen LogP contribution in [0, 0.1) is 0 Å². The molecule has 408 valence electrons. The molecule has 41 heteroatoms. The van der Waals surface area contributed by atoms with Crippen molar-refractivity contribution in [2.45, 2.75) is 86.0 Å². The number of rotatable bonds is 19. The molecular weight excluding hydrogens is 1130 g/mol. The van der Waals surface area contributed by atoms with Crippen molar-refractivity contribution in [3.63, 3.8) is 0 Å². The van der Waals surface area contributed by atoms with E-state index in [4.69, 9.17) is 68.0 Å². The average molecular weight is 1170 g/mol. The summed E-state index contributed by atoms with van der Waals surface area (Å²) in [7, 11) is -9.60. The van der Waals surface area contributed by atoms with Gasteiger partial charge in [0.2, 0.25) is 0 Å². The lowest BCUT2D eigenvalue weighted by molar-refractivity contribution is -0.165. The molecule has 0 saturated carbocycles. The number of anilines is 3. The molecule has 10 rings (SSSR count). The summed E-state index contributed by atoms with van der Waals surface area (Å²) in [6.07, 6.45) is -9.59. The largest absolute Gasteiger partial charge is 0.472 e. The third-order valence-electron chi connectivity index (χ3n) is 12.4. The smallest absolute Gasteiger partial charge is 0.387 e. The number of methoxy groups -OCH3 is 1. The fraction of sp³-hybridized carbons (Fsp3) is 0.559. The highest BCUT2D eigenvalue weighted by molar-refractivity contribution is 8.44. The van der Waals surface area contributed by atoms with E-state index >= 15 is 0 Å². The summed E-state index contributed by atoms with van der Waals surface area (Å²) in [4.78, 5) is 79.9. The van der Waals surface area contributed by atoms with Crippen LogP contribution in [0.25, 0.3) is 33.5 Å². The fourth-order valence-corrected chi connectivity index (χ4v) is 12.6. The SMILES string of the molecule is COC1C(OP(=O)(O)OC[C@H]2O[C@@H](n3cnc4c(N)ncnc43)C(OP(=O)(O)OC[C@]34CCCOC3C(OP(=O)(O)S)[C@H](n3cnc5c(N)ncnc53)O4)C2O)[C@H](n2cnc3c(N)ncnc32)O[C@@H]1COP(=O)(O)S. The number of hydrogen-bond donors (Lipinski definition) is 10. The van der Waals surface area contributed by atoms with E-state index in [1.54, 1.807) is 0 Å². The minimum absolute atomic E-state index is 0.00685. The molecule has 4 aliphatic rings. The predicted octanol–water partition coefficient (Wildman–Crippen LogP) is 0.337. The maximum absolute atomic E-state index is 14.2. The van der Waals surface area contributed by atoms with Gasteiger partial charge in [0, 0.05) is 13.7 Å². The van der Waals surface area contributed by atoms with Crippen molar-refractivity contribution < 1.29 is 93.8 Å². The third-order valence-corrected chi connectivity index (χ3v) is 16.0. The maximum Gasteiger partial charge on any atom is 0.472 e. The number of ether oxygens (including phenoxy) is 5. The van der Waals surface area contributed by atoms with E-state index in [9.17, 15) is 42.9 Å². The molecule has 75 heavy (non-hydrogen) atoms. The lowest BCUT2D eigenvalue weighted by Crippen LogP contribution is -2.51. The van der Waals surface area contributed by atoms with Crippen LogP contribution in [0.3, 0.4) is 0 Å². The third kappa shape index (κ3) is 11.0. The lowest BCUT2D eigenvalue weighted by Gasteiger charge is -2.38. The van der Waals surface area contributed by atoms with Crippen LogP contribution in [-0.2, 0) is 69.1 Å². The highest BCUT2D eigenvalue weighted by Crippen LogP contribution is 2.58. The molecule has 35 nitrogen and oxygen atoms in total. The number of aliphatic hydroxyl groups excluding tert-OH is 1. The number of fused-ring (bicyclic) bond motifs is 4. The monoisotopic (exact) mass is 1170 g/mol. The Morgan fingerprint density at radius 2 is 1.13 bits per heavy atom. The second kappa shape index (κ2) is 20.7. The van der Waals surface area contributed by atoms with Gasteiger partial charge in [-0.3, -0.25) is 40.8 Å². The van der Waals surface area contributed by atoms with E-state index in [1.165, 1.54) is 33.5 Å². The summed E-state index contributed by atoms with van der Waals surface area (Å²) < 4.78 is 120. The van der Waals surface area contributed by atoms with Gasteiger partial charge in [-0.05, 0) is 12.8 Å². The molecule has 6 aromatic rings. The van der Waals surface area contributed by atoms with Gasteiger partial charge in [-0.25, -0.2) is 63.1 Å². The highest BCUT2D eigenvalue weighted by Gasteiger charge is 2.61. The van der Waals surface area contributed by atoms with Crippen LogP contribution in [-0.4, -0.2) is 171 Å². The molecule has 0 radical (unpaired) electrons. The van der Waals surface area contributed by atoms with Gasteiger partial charge in [0.1, 0.15) is 90.0 Å². The number of nitrogens with two attached hydrogens (primary N) is 3. The van der Waals surface area contributed by atoms with Crippen molar-refractivity contribution >= 4 is 105 Å². The summed E-state index contributed by atoms with van der Waals surface area (Å²) in [6, 6.07) is 0. The van der Waals surface area contributed by atoms with Crippen LogP contribution in [0.15, 0.2) is 38.0 Å². The molecule has 16 atom stereocenters. The molecule has 4 aliphatic heterocycles. The lowest BCUT2D eigenvalue weighted by atomic mass is 9.89. The van der Waals surface area contributed by atoms with Gasteiger partial charge in [0.25, 0.3) is 0 Å². The van der Waals surface area contributed by atoms with Gasteiger partial charge >= 0.3 is 29.2 Å². The first kappa shape index (κ1) is 54.4. The minimum atomic E-state index is -5.43. The van der Waals surface area contributed by atoms with Crippen molar-refractivity contribution in [2.75, 3.05) is 50.7 Å². The summed E-state index contributed by atoms with van der Waals surface area (Å²) in [5, 5.41) is 11.9.